The molecule has 0 spiro atoms. The Bertz CT molecular complexity index is 1320. The van der Waals surface area contributed by atoms with E-state index in [1.807, 2.05) is 48.5 Å². The van der Waals surface area contributed by atoms with Gasteiger partial charge < -0.3 is 15.6 Å². The van der Waals surface area contributed by atoms with E-state index in [9.17, 15) is 4.79 Å². The summed E-state index contributed by atoms with van der Waals surface area (Å²) in [5.41, 5.74) is 12.9. The van der Waals surface area contributed by atoms with Crippen LogP contribution in [0.1, 0.15) is 34.2 Å². The molecule has 4 aromatic rings. The summed E-state index contributed by atoms with van der Waals surface area (Å²) >= 11 is 1.82. The van der Waals surface area contributed by atoms with Gasteiger partial charge in [0.25, 0.3) is 5.91 Å². The number of aryl methyl sites for hydroxylation is 4. The van der Waals surface area contributed by atoms with E-state index in [1.165, 1.54) is 16.0 Å². The quantitative estimate of drug-likeness (QED) is 0.408. The van der Waals surface area contributed by atoms with Crippen LogP contribution in [-0.4, -0.2) is 31.2 Å². The number of carbonyl (C=O) groups is 1. The Labute approximate surface area is 191 Å². The van der Waals surface area contributed by atoms with Gasteiger partial charge in [0.05, 0.1) is 28.7 Å². The highest BCUT2D eigenvalue weighted by Gasteiger charge is 2.19. The summed E-state index contributed by atoms with van der Waals surface area (Å²) in [5.74, 6) is 0.720. The summed E-state index contributed by atoms with van der Waals surface area (Å²) in [5, 5.41) is 3.26. The number of aromatic nitrogens is 4. The normalized spacial score (nSPS) is 11.2. The van der Waals surface area contributed by atoms with E-state index in [0.29, 0.717) is 17.2 Å². The number of nitrogens with zero attached hydrogens (tertiary/aromatic N) is 4. The van der Waals surface area contributed by atoms with E-state index in [4.69, 9.17) is 5.73 Å². The number of imidazole rings is 1. The van der Waals surface area contributed by atoms with Crippen LogP contribution in [0.3, 0.4) is 0 Å². The molecule has 0 unspecified atom stereocenters. The fraction of sp³-hybridized carbons (Fsp3) is 0.250. The number of thioether (sulfide) groups is 1. The second-order valence-corrected chi connectivity index (χ2v) is 9.02. The molecular weight excluding hydrogens is 420 g/mol. The lowest BCUT2D eigenvalue weighted by Crippen LogP contribution is -2.18. The van der Waals surface area contributed by atoms with E-state index in [-0.39, 0.29) is 5.69 Å². The van der Waals surface area contributed by atoms with Crippen LogP contribution in [0.4, 0.5) is 11.5 Å². The first-order chi connectivity index (χ1) is 15.3. The summed E-state index contributed by atoms with van der Waals surface area (Å²) in [4.78, 5) is 27.4. The number of nitrogens with one attached hydrogen (secondary N) is 1. The van der Waals surface area contributed by atoms with Gasteiger partial charge in [-0.1, -0.05) is 19.1 Å². The molecule has 0 bridgehead atoms. The molecule has 0 fully saturated rings. The minimum Gasteiger partial charge on any atom is -0.364 e. The van der Waals surface area contributed by atoms with Gasteiger partial charge in [-0.15, -0.1) is 11.8 Å². The van der Waals surface area contributed by atoms with E-state index in [1.54, 1.807) is 6.33 Å². The topological polar surface area (TPSA) is 98.7 Å². The molecule has 0 aliphatic rings. The van der Waals surface area contributed by atoms with Crippen LogP contribution in [0.2, 0.25) is 0 Å². The molecule has 0 aliphatic carbocycles. The Balaban J connectivity index is 1.80. The summed E-state index contributed by atoms with van der Waals surface area (Å²) in [6.07, 6.45) is 1.76. The summed E-state index contributed by atoms with van der Waals surface area (Å²) in [7, 11) is 1.94. The second-order valence-electron chi connectivity index (χ2n) is 7.75. The Morgan fingerprint density at radius 3 is 2.53 bits per heavy atom. The predicted molar refractivity (Wildman–Crippen MR) is 131 cm³/mol. The second kappa shape index (κ2) is 8.63. The number of amides is 1. The van der Waals surface area contributed by atoms with Gasteiger partial charge >= 0.3 is 0 Å². The molecule has 32 heavy (non-hydrogen) atoms. The van der Waals surface area contributed by atoms with Gasteiger partial charge in [0.1, 0.15) is 0 Å². The van der Waals surface area contributed by atoms with E-state index in [2.05, 4.69) is 53.2 Å². The van der Waals surface area contributed by atoms with E-state index in [0.717, 1.165) is 28.0 Å². The monoisotopic (exact) mass is 446 g/mol. The predicted octanol–water partition coefficient (Wildman–Crippen LogP) is 4.91. The lowest BCUT2D eigenvalue weighted by molar-refractivity contribution is 0.0996. The number of hydrogen-bond acceptors (Lipinski definition) is 6. The van der Waals surface area contributed by atoms with Gasteiger partial charge in [0.2, 0.25) is 0 Å². The van der Waals surface area contributed by atoms with E-state index < -0.39 is 5.91 Å². The van der Waals surface area contributed by atoms with Crippen molar-refractivity contribution in [2.24, 2.45) is 12.8 Å². The fourth-order valence-electron chi connectivity index (χ4n) is 3.91. The van der Waals surface area contributed by atoms with Crippen molar-refractivity contribution >= 4 is 40.2 Å². The third kappa shape index (κ3) is 3.93. The van der Waals surface area contributed by atoms with Crippen LogP contribution in [-0.2, 0) is 7.05 Å². The molecule has 2 aromatic heterocycles. The minimum atomic E-state index is -0.638. The van der Waals surface area contributed by atoms with Gasteiger partial charge in [-0.2, -0.15) is 0 Å². The molecule has 2 heterocycles. The third-order valence-corrected chi connectivity index (χ3v) is 6.55. The summed E-state index contributed by atoms with van der Waals surface area (Å²) in [6.45, 7) is 8.18. The molecule has 2 aromatic carbocycles. The summed E-state index contributed by atoms with van der Waals surface area (Å²) in [6, 6.07) is 9.97. The van der Waals surface area contributed by atoms with Crippen LogP contribution in [0.25, 0.3) is 22.3 Å². The van der Waals surface area contributed by atoms with Gasteiger partial charge in [-0.05, 0) is 55.9 Å². The van der Waals surface area contributed by atoms with Crippen LogP contribution in [0, 0.1) is 20.8 Å². The Morgan fingerprint density at radius 1 is 1.16 bits per heavy atom. The number of nitrogens with two attached hydrogens (primary N) is 1. The summed E-state index contributed by atoms with van der Waals surface area (Å²) < 4.78 is 1.94. The average molecular weight is 447 g/mol. The highest BCUT2D eigenvalue weighted by atomic mass is 32.2. The molecule has 0 radical (unpaired) electrons. The first-order valence-corrected chi connectivity index (χ1v) is 11.4. The molecule has 0 saturated carbocycles. The molecule has 4 rings (SSSR count). The van der Waals surface area contributed by atoms with Crippen molar-refractivity contribution in [1.29, 1.82) is 0 Å². The number of para-hydroxylation sites is 1. The molecule has 164 valence electrons. The van der Waals surface area contributed by atoms with Crippen molar-refractivity contribution in [1.82, 2.24) is 19.5 Å². The van der Waals surface area contributed by atoms with E-state index >= 15 is 0 Å². The third-order valence-electron chi connectivity index (χ3n) is 5.33. The zero-order valence-electron chi connectivity index (χ0n) is 18.9. The molecule has 0 atom stereocenters. The maximum absolute atomic E-state index is 12.3. The zero-order valence-corrected chi connectivity index (χ0v) is 19.7. The van der Waals surface area contributed by atoms with Crippen molar-refractivity contribution in [2.45, 2.75) is 32.6 Å². The Morgan fingerprint density at radius 2 is 1.88 bits per heavy atom. The smallest absolute Gasteiger partial charge is 0.271 e. The van der Waals surface area contributed by atoms with Crippen molar-refractivity contribution in [3.05, 3.63) is 59.2 Å². The molecule has 0 aliphatic heterocycles. The van der Waals surface area contributed by atoms with Gasteiger partial charge in [-0.25, -0.2) is 15.0 Å². The van der Waals surface area contributed by atoms with Gasteiger partial charge in [0, 0.05) is 23.2 Å². The number of hydrogen-bond donors (Lipinski definition) is 2. The lowest BCUT2D eigenvalue weighted by atomic mass is 10.1. The average Bonchev–Trinajstić information content (AvgIpc) is 3.12. The number of anilines is 2. The molecule has 7 nitrogen and oxygen atoms in total. The van der Waals surface area contributed by atoms with Crippen molar-refractivity contribution in [3.8, 4) is 11.3 Å². The Hall–Kier alpha value is -3.39. The van der Waals surface area contributed by atoms with Gasteiger partial charge in [-0.3, -0.25) is 4.79 Å². The largest absolute Gasteiger partial charge is 0.364 e. The molecular formula is C24H26N6OS. The van der Waals surface area contributed by atoms with Crippen LogP contribution < -0.4 is 11.1 Å². The maximum Gasteiger partial charge on any atom is 0.271 e. The van der Waals surface area contributed by atoms with Crippen molar-refractivity contribution in [3.63, 3.8) is 0 Å². The maximum atomic E-state index is 12.3. The lowest BCUT2D eigenvalue weighted by Gasteiger charge is -2.15. The number of primary amides is 1. The minimum absolute atomic E-state index is 0.0980. The van der Waals surface area contributed by atoms with Gasteiger partial charge in [0.15, 0.2) is 11.5 Å². The number of fused-ring (bicyclic) bond motifs is 1. The first-order valence-electron chi connectivity index (χ1n) is 10.4. The SMILES string of the molecule is CCSc1c(C)cc(Nc2nc(C)c(-c3cccc4c3ncn4C)nc2C(N)=O)cc1C. The molecule has 8 heteroatoms. The Kier molecular flexibility index (Phi) is 5.88. The molecule has 0 saturated heterocycles. The fourth-order valence-corrected chi connectivity index (χ4v) is 4.78. The van der Waals surface area contributed by atoms with Crippen LogP contribution in [0.15, 0.2) is 41.6 Å². The highest BCUT2D eigenvalue weighted by molar-refractivity contribution is 7.99. The van der Waals surface area contributed by atoms with Crippen LogP contribution in [0.5, 0.6) is 0 Å². The van der Waals surface area contributed by atoms with Crippen molar-refractivity contribution < 1.29 is 4.79 Å². The number of rotatable bonds is 6. The number of benzene rings is 2. The molecule has 1 amide bonds. The standard InChI is InChI=1S/C24H26N6OS/c1-6-32-22-13(2)10-16(11-14(22)3)28-24-21(23(25)31)29-19(15(4)27-24)17-8-7-9-18-20(17)26-12-30(18)5/h7-12H,6H2,1-5H3,(H2,25,31)(H,27,28). The van der Waals surface area contributed by atoms with Crippen molar-refractivity contribution in [2.75, 3.05) is 11.1 Å². The first kappa shape index (κ1) is 21.8. The molecule has 3 N–H and O–H groups in total. The zero-order chi connectivity index (χ0) is 23.0. The van der Waals surface area contributed by atoms with Crippen LogP contribution >= 0.6 is 11.8 Å². The number of carbonyl (C=O) groups excluding carboxylic acids is 1. The highest BCUT2D eigenvalue weighted by Crippen LogP contribution is 2.32.